The van der Waals surface area contributed by atoms with E-state index in [1.807, 2.05) is 34.1 Å². The van der Waals surface area contributed by atoms with Crippen molar-refractivity contribution >= 4 is 46.2 Å². The van der Waals surface area contributed by atoms with Crippen molar-refractivity contribution in [3.63, 3.8) is 0 Å². The predicted molar refractivity (Wildman–Crippen MR) is 191 cm³/mol. The highest BCUT2D eigenvalue weighted by atomic mass is 35.5. The van der Waals surface area contributed by atoms with Crippen LogP contribution in [-0.2, 0) is 22.4 Å². The Balaban J connectivity index is 0.991. The number of anilines is 1. The number of carbonyl (C=O) groups excluding carboxylic acids is 3. The number of benzene rings is 2. The number of H-pyrrole nitrogens is 1. The van der Waals surface area contributed by atoms with E-state index >= 15 is 0 Å². The van der Waals surface area contributed by atoms with Crippen molar-refractivity contribution in [3.05, 3.63) is 52.7 Å². The first-order chi connectivity index (χ1) is 24.2. The second kappa shape index (κ2) is 15.0. The molecule has 0 spiro atoms. The van der Waals surface area contributed by atoms with Crippen LogP contribution in [0.5, 0.6) is 5.75 Å². The number of rotatable bonds is 7. The molecule has 2 N–H and O–H groups in total. The van der Waals surface area contributed by atoms with E-state index in [0.717, 1.165) is 72.5 Å². The number of halogens is 1. The van der Waals surface area contributed by atoms with Crippen molar-refractivity contribution in [2.75, 3.05) is 78.4 Å². The molecule has 50 heavy (non-hydrogen) atoms. The molecular weight excluding hydrogens is 660 g/mol. The lowest BCUT2D eigenvalue weighted by atomic mass is 10.0. The number of nitrogens with zero attached hydrogens (tertiary/aromatic N) is 6. The van der Waals surface area contributed by atoms with Gasteiger partial charge in [-0.3, -0.25) is 14.8 Å². The summed E-state index contributed by atoms with van der Waals surface area (Å²) < 4.78 is 11.5. The van der Waals surface area contributed by atoms with Crippen LogP contribution in [0.1, 0.15) is 36.8 Å². The third-order valence-corrected chi connectivity index (χ3v) is 11.2. The minimum atomic E-state index is -0.998. The highest BCUT2D eigenvalue weighted by molar-refractivity contribution is 6.35. The molecule has 3 fully saturated rings. The van der Waals surface area contributed by atoms with Crippen molar-refractivity contribution in [1.82, 2.24) is 34.7 Å². The SMILES string of the molecule is COc1ccc2c(c1)CCN(C1CCN(C(=O)OC(Cc3cc(Cl)c4[nH]ncc4c3)C(=O)N3CCN(C4CCN(C)CC4)CC3)CC1)C(=O)N2. The maximum absolute atomic E-state index is 14.1. The minimum absolute atomic E-state index is 0.0163. The zero-order valence-electron chi connectivity index (χ0n) is 28.9. The molecule has 4 aliphatic heterocycles. The molecule has 1 atom stereocenters. The standard InChI is InChI=1S/C36H47ClN8O5/c1-41-10-6-27(7-11-41)42-15-17-43(18-16-42)34(46)32(21-24-19-26-23-38-40-33(26)30(37)20-24)50-36(48)44-12-8-28(9-13-44)45-14-5-25-22-29(49-2)3-4-31(25)39-35(45)47/h3-4,19-20,22-23,27-28,32H,5-18,21H2,1-2H3,(H,38,40)(H,39,47). The Labute approximate surface area is 297 Å². The first-order valence-electron chi connectivity index (χ1n) is 17.8. The Morgan fingerprint density at radius 1 is 0.940 bits per heavy atom. The normalized spacial score (nSPS) is 20.7. The molecule has 0 radical (unpaired) electrons. The Morgan fingerprint density at radius 3 is 2.42 bits per heavy atom. The monoisotopic (exact) mass is 706 g/mol. The van der Waals surface area contributed by atoms with E-state index in [0.29, 0.717) is 63.1 Å². The van der Waals surface area contributed by atoms with Crippen LogP contribution < -0.4 is 10.1 Å². The van der Waals surface area contributed by atoms with Gasteiger partial charge in [-0.2, -0.15) is 5.10 Å². The Kier molecular flexibility index (Phi) is 10.3. The van der Waals surface area contributed by atoms with E-state index in [1.54, 1.807) is 24.3 Å². The van der Waals surface area contributed by atoms with Gasteiger partial charge in [-0.05, 0) is 93.7 Å². The molecule has 5 heterocycles. The summed E-state index contributed by atoms with van der Waals surface area (Å²) in [5.41, 5.74) is 3.36. The number of piperazine rings is 1. The quantitative estimate of drug-likeness (QED) is 0.377. The molecule has 2 aromatic carbocycles. The summed E-state index contributed by atoms with van der Waals surface area (Å²) in [7, 11) is 3.80. The molecule has 268 valence electrons. The number of aromatic amines is 1. The van der Waals surface area contributed by atoms with Gasteiger partial charge in [0.15, 0.2) is 6.10 Å². The predicted octanol–water partition coefficient (Wildman–Crippen LogP) is 4.07. The number of methoxy groups -OCH3 is 1. The molecular formula is C36H47ClN8O5. The number of hydrogen-bond acceptors (Lipinski definition) is 8. The molecule has 7 rings (SSSR count). The highest BCUT2D eigenvalue weighted by Crippen LogP contribution is 2.29. The van der Waals surface area contributed by atoms with Crippen LogP contribution in [0, 0.1) is 0 Å². The first-order valence-corrected chi connectivity index (χ1v) is 18.2. The number of hydrogen-bond donors (Lipinski definition) is 2. The molecule has 0 saturated carbocycles. The Morgan fingerprint density at radius 2 is 1.68 bits per heavy atom. The number of fused-ring (bicyclic) bond motifs is 2. The first kappa shape index (κ1) is 34.4. The molecule has 3 saturated heterocycles. The van der Waals surface area contributed by atoms with Gasteiger partial charge in [0, 0.05) is 75.4 Å². The van der Waals surface area contributed by atoms with Gasteiger partial charge in [0.25, 0.3) is 5.91 Å². The summed E-state index contributed by atoms with van der Waals surface area (Å²) in [5, 5.41) is 11.4. The number of ether oxygens (including phenoxy) is 2. The molecule has 1 aromatic heterocycles. The fraction of sp³-hybridized carbons (Fsp3) is 0.556. The van der Waals surface area contributed by atoms with Gasteiger partial charge in [0.2, 0.25) is 0 Å². The van der Waals surface area contributed by atoms with Gasteiger partial charge in [-0.1, -0.05) is 11.6 Å². The maximum Gasteiger partial charge on any atom is 0.410 e. The maximum atomic E-state index is 14.1. The molecule has 3 aromatic rings. The second-order valence-electron chi connectivity index (χ2n) is 14.0. The highest BCUT2D eigenvalue weighted by Gasteiger charge is 2.36. The lowest BCUT2D eigenvalue weighted by Crippen LogP contribution is -2.56. The third kappa shape index (κ3) is 7.50. The van der Waals surface area contributed by atoms with Crippen LogP contribution in [0.2, 0.25) is 5.02 Å². The fourth-order valence-electron chi connectivity index (χ4n) is 7.92. The van der Waals surface area contributed by atoms with Gasteiger partial charge in [0.05, 0.1) is 23.8 Å². The zero-order valence-corrected chi connectivity index (χ0v) is 29.7. The van der Waals surface area contributed by atoms with Crippen molar-refractivity contribution in [1.29, 1.82) is 0 Å². The largest absolute Gasteiger partial charge is 0.497 e. The van der Waals surface area contributed by atoms with Crippen molar-refractivity contribution in [3.8, 4) is 5.75 Å². The summed E-state index contributed by atoms with van der Waals surface area (Å²) in [5.74, 6) is 0.576. The van der Waals surface area contributed by atoms with Crippen molar-refractivity contribution in [2.24, 2.45) is 0 Å². The van der Waals surface area contributed by atoms with E-state index < -0.39 is 12.2 Å². The number of nitrogens with one attached hydrogen (secondary N) is 2. The topological polar surface area (TPSA) is 127 Å². The van der Waals surface area contributed by atoms with Gasteiger partial charge >= 0.3 is 12.1 Å². The summed E-state index contributed by atoms with van der Waals surface area (Å²) >= 11 is 6.55. The molecule has 14 heteroatoms. The van der Waals surface area contributed by atoms with Crippen molar-refractivity contribution in [2.45, 2.75) is 56.7 Å². The van der Waals surface area contributed by atoms with E-state index in [1.165, 1.54) is 0 Å². The number of aromatic nitrogens is 2. The van der Waals surface area contributed by atoms with Crippen LogP contribution in [0.3, 0.4) is 0 Å². The lowest BCUT2D eigenvalue weighted by Gasteiger charge is -2.42. The third-order valence-electron chi connectivity index (χ3n) is 10.9. The minimum Gasteiger partial charge on any atom is -0.497 e. The molecule has 13 nitrogen and oxygen atoms in total. The summed E-state index contributed by atoms with van der Waals surface area (Å²) in [6.07, 6.45) is 4.62. The molecule has 4 aliphatic rings. The molecule has 0 bridgehead atoms. The van der Waals surface area contributed by atoms with Gasteiger partial charge in [-0.25, -0.2) is 9.59 Å². The van der Waals surface area contributed by atoms with Gasteiger partial charge < -0.3 is 34.4 Å². The second-order valence-corrected chi connectivity index (χ2v) is 14.4. The van der Waals surface area contributed by atoms with Crippen LogP contribution in [0.4, 0.5) is 15.3 Å². The fourth-order valence-corrected chi connectivity index (χ4v) is 8.21. The van der Waals surface area contributed by atoms with Crippen LogP contribution in [0.15, 0.2) is 36.5 Å². The van der Waals surface area contributed by atoms with Crippen LogP contribution in [0.25, 0.3) is 10.9 Å². The average molecular weight is 707 g/mol. The molecule has 4 amide bonds. The zero-order chi connectivity index (χ0) is 34.8. The van der Waals surface area contributed by atoms with E-state index in [9.17, 15) is 14.4 Å². The van der Waals surface area contributed by atoms with E-state index in [4.69, 9.17) is 21.1 Å². The lowest BCUT2D eigenvalue weighted by molar-refractivity contribution is -0.143. The number of piperidine rings is 2. The van der Waals surface area contributed by atoms with E-state index in [-0.39, 0.29) is 24.4 Å². The number of likely N-dealkylation sites (tertiary alicyclic amines) is 2. The Hall–Kier alpha value is -4.07. The van der Waals surface area contributed by atoms with E-state index in [2.05, 4.69) is 32.4 Å². The number of urea groups is 1. The van der Waals surface area contributed by atoms with Crippen LogP contribution in [-0.4, -0.2) is 144 Å². The van der Waals surface area contributed by atoms with Crippen molar-refractivity contribution < 1.29 is 23.9 Å². The summed E-state index contributed by atoms with van der Waals surface area (Å²) in [6.45, 7) is 6.44. The molecule has 1 unspecified atom stereocenters. The number of carbonyl (C=O) groups is 3. The average Bonchev–Trinajstić information content (AvgIpc) is 3.55. The summed E-state index contributed by atoms with van der Waals surface area (Å²) in [4.78, 5) is 51.3. The summed E-state index contributed by atoms with van der Waals surface area (Å²) in [6, 6.07) is 9.82. The smallest absolute Gasteiger partial charge is 0.410 e. The van der Waals surface area contributed by atoms with Crippen LogP contribution >= 0.6 is 11.6 Å². The molecule has 0 aliphatic carbocycles. The number of amides is 4. The Bertz CT molecular complexity index is 1690. The van der Waals surface area contributed by atoms with Gasteiger partial charge in [-0.15, -0.1) is 0 Å². The van der Waals surface area contributed by atoms with Gasteiger partial charge in [0.1, 0.15) is 5.75 Å².